The number of benzene rings is 1. The van der Waals surface area contributed by atoms with Gasteiger partial charge in [-0.15, -0.1) is 0 Å². The number of aryl methyl sites for hydroxylation is 1. The molecular weight excluding hydrogens is 278 g/mol. The Morgan fingerprint density at radius 1 is 1.45 bits per heavy atom. The van der Waals surface area contributed by atoms with Crippen molar-refractivity contribution in [1.29, 1.82) is 0 Å². The lowest BCUT2D eigenvalue weighted by molar-refractivity contribution is 0.569. The van der Waals surface area contributed by atoms with Gasteiger partial charge in [0.05, 0.1) is 17.1 Å². The number of anilines is 1. The number of hydrogen-bond acceptors (Lipinski definition) is 5. The number of sulfonamides is 1. The van der Waals surface area contributed by atoms with Crippen molar-refractivity contribution in [3.63, 3.8) is 0 Å². The quantitative estimate of drug-likeness (QED) is 0.825. The molecule has 0 aliphatic rings. The molecule has 0 atom stereocenters. The first-order valence-corrected chi connectivity index (χ1v) is 7.23. The molecule has 20 heavy (non-hydrogen) atoms. The Bertz CT molecular complexity index is 769. The number of hydrogen-bond donors (Lipinski definition) is 2. The molecule has 1 aromatic carbocycles. The van der Waals surface area contributed by atoms with Crippen LogP contribution in [0.25, 0.3) is 0 Å². The molecule has 0 fully saturated rings. The van der Waals surface area contributed by atoms with Crippen LogP contribution in [0.15, 0.2) is 39.8 Å². The van der Waals surface area contributed by atoms with Gasteiger partial charge in [-0.1, -0.05) is 17.9 Å². The fraction of sp³-hybridized carbons (Fsp3) is 0.154. The maximum absolute atomic E-state index is 12.2. The van der Waals surface area contributed by atoms with Crippen molar-refractivity contribution >= 4 is 16.0 Å². The number of oxazole rings is 1. The van der Waals surface area contributed by atoms with Gasteiger partial charge in [-0.05, 0) is 25.1 Å². The highest BCUT2D eigenvalue weighted by molar-refractivity contribution is 7.92. The van der Waals surface area contributed by atoms with Crippen LogP contribution in [0.2, 0.25) is 0 Å². The third kappa shape index (κ3) is 3.38. The largest absolute Gasteiger partial charge is 0.431 e. The molecule has 2 rings (SSSR count). The van der Waals surface area contributed by atoms with Crippen LogP contribution in [0.3, 0.4) is 0 Å². The monoisotopic (exact) mass is 291 g/mol. The Kier molecular flexibility index (Phi) is 4.08. The molecule has 0 spiro atoms. The maximum atomic E-state index is 12.2. The van der Waals surface area contributed by atoms with Crippen LogP contribution in [0.1, 0.15) is 11.3 Å². The van der Waals surface area contributed by atoms with Gasteiger partial charge in [0.15, 0.2) is 0 Å². The van der Waals surface area contributed by atoms with Crippen LogP contribution in [0.4, 0.5) is 6.01 Å². The Balaban J connectivity index is 2.29. The van der Waals surface area contributed by atoms with E-state index in [0.717, 1.165) is 0 Å². The first-order chi connectivity index (χ1) is 9.51. The van der Waals surface area contributed by atoms with Gasteiger partial charge < -0.3 is 10.2 Å². The lowest BCUT2D eigenvalue weighted by atomic mass is 10.2. The van der Waals surface area contributed by atoms with Crippen LogP contribution < -0.4 is 10.5 Å². The van der Waals surface area contributed by atoms with E-state index in [4.69, 9.17) is 10.2 Å². The zero-order valence-corrected chi connectivity index (χ0v) is 11.6. The van der Waals surface area contributed by atoms with Crippen molar-refractivity contribution in [3.05, 3.63) is 41.8 Å². The minimum Gasteiger partial charge on any atom is -0.431 e. The lowest BCUT2D eigenvalue weighted by Gasteiger charge is -2.04. The normalized spacial score (nSPS) is 10.7. The van der Waals surface area contributed by atoms with Crippen molar-refractivity contribution in [2.24, 2.45) is 5.73 Å². The molecule has 0 aliphatic heterocycles. The maximum Gasteiger partial charge on any atom is 0.309 e. The molecule has 104 valence electrons. The van der Waals surface area contributed by atoms with Gasteiger partial charge in [0.1, 0.15) is 6.26 Å². The second-order valence-corrected chi connectivity index (χ2v) is 5.62. The first kappa shape index (κ1) is 14.1. The first-order valence-electron chi connectivity index (χ1n) is 5.75. The zero-order valence-electron chi connectivity index (χ0n) is 10.8. The van der Waals surface area contributed by atoms with E-state index in [0.29, 0.717) is 11.3 Å². The van der Waals surface area contributed by atoms with Gasteiger partial charge in [0.2, 0.25) is 0 Å². The van der Waals surface area contributed by atoms with Gasteiger partial charge in [-0.3, -0.25) is 0 Å². The minimum absolute atomic E-state index is 0.0686. The average Bonchev–Trinajstić information content (AvgIpc) is 2.81. The summed E-state index contributed by atoms with van der Waals surface area (Å²) in [6.45, 7) is 1.91. The summed E-state index contributed by atoms with van der Waals surface area (Å²) in [5.74, 6) is 5.45. The summed E-state index contributed by atoms with van der Waals surface area (Å²) in [7, 11) is -3.75. The van der Waals surface area contributed by atoms with Crippen molar-refractivity contribution < 1.29 is 12.8 Å². The molecule has 6 nitrogen and oxygen atoms in total. The van der Waals surface area contributed by atoms with E-state index in [9.17, 15) is 8.42 Å². The Morgan fingerprint density at radius 2 is 2.25 bits per heavy atom. The minimum atomic E-state index is -3.75. The standard InChI is InChI=1S/C13H13N3O3S/c1-10-9-19-13(15-10)16-20(17,18)12-6-2-4-11(8-12)5-3-7-14/h2,4,6,8-9H,7,14H2,1H3,(H,15,16). The average molecular weight is 291 g/mol. The summed E-state index contributed by atoms with van der Waals surface area (Å²) in [6.07, 6.45) is 1.36. The summed E-state index contributed by atoms with van der Waals surface area (Å²) in [4.78, 5) is 3.97. The number of nitrogens with one attached hydrogen (secondary N) is 1. The van der Waals surface area contributed by atoms with E-state index in [1.54, 1.807) is 19.1 Å². The molecule has 7 heteroatoms. The molecule has 0 aliphatic carbocycles. The molecule has 0 amide bonds. The highest BCUT2D eigenvalue weighted by Crippen LogP contribution is 2.16. The summed E-state index contributed by atoms with van der Waals surface area (Å²) >= 11 is 0. The zero-order chi connectivity index (χ0) is 14.6. The number of nitrogens with zero attached hydrogens (tertiary/aromatic N) is 1. The third-order valence-corrected chi connectivity index (χ3v) is 3.64. The number of rotatable bonds is 3. The van der Waals surface area contributed by atoms with Crippen LogP contribution in [0.5, 0.6) is 0 Å². The predicted molar refractivity (Wildman–Crippen MR) is 74.4 cm³/mol. The van der Waals surface area contributed by atoms with Crippen LogP contribution in [-0.4, -0.2) is 19.9 Å². The molecule has 0 bridgehead atoms. The summed E-state index contributed by atoms with van der Waals surface area (Å²) in [6, 6.07) is 6.17. The fourth-order valence-electron chi connectivity index (χ4n) is 1.47. The molecule has 1 heterocycles. The van der Waals surface area contributed by atoms with Gasteiger partial charge >= 0.3 is 6.01 Å². The fourth-order valence-corrected chi connectivity index (χ4v) is 2.45. The Labute approximate surface area is 117 Å². The second kappa shape index (κ2) is 5.77. The summed E-state index contributed by atoms with van der Waals surface area (Å²) < 4.78 is 31.5. The van der Waals surface area contributed by atoms with Crippen molar-refractivity contribution in [3.8, 4) is 11.8 Å². The highest BCUT2D eigenvalue weighted by atomic mass is 32.2. The SMILES string of the molecule is Cc1coc(NS(=O)(=O)c2cccc(C#CCN)c2)n1. The second-order valence-electron chi connectivity index (χ2n) is 3.93. The molecule has 0 saturated carbocycles. The van der Waals surface area contributed by atoms with Gasteiger partial charge in [-0.25, -0.2) is 13.1 Å². The molecule has 3 N–H and O–H groups in total. The number of aromatic nitrogens is 1. The molecule has 1 aromatic heterocycles. The molecule has 0 unspecified atom stereocenters. The van der Waals surface area contributed by atoms with E-state index in [-0.39, 0.29) is 17.5 Å². The van der Waals surface area contributed by atoms with E-state index >= 15 is 0 Å². The van der Waals surface area contributed by atoms with E-state index in [1.165, 1.54) is 18.4 Å². The summed E-state index contributed by atoms with van der Waals surface area (Å²) in [5.41, 5.74) is 6.44. The van der Waals surface area contributed by atoms with Crippen LogP contribution in [0, 0.1) is 18.8 Å². The van der Waals surface area contributed by atoms with Crippen LogP contribution in [-0.2, 0) is 10.0 Å². The summed E-state index contributed by atoms with van der Waals surface area (Å²) in [5, 5.41) is 0. The topological polar surface area (TPSA) is 98.2 Å². The van der Waals surface area contributed by atoms with E-state index in [2.05, 4.69) is 21.5 Å². The van der Waals surface area contributed by atoms with Gasteiger partial charge in [0.25, 0.3) is 10.0 Å². The molecule has 2 aromatic rings. The third-order valence-electron chi connectivity index (χ3n) is 2.32. The lowest BCUT2D eigenvalue weighted by Crippen LogP contribution is -2.13. The van der Waals surface area contributed by atoms with E-state index in [1.807, 2.05) is 0 Å². The van der Waals surface area contributed by atoms with Gasteiger partial charge in [-0.2, -0.15) is 4.98 Å². The van der Waals surface area contributed by atoms with E-state index < -0.39 is 10.0 Å². The van der Waals surface area contributed by atoms with Gasteiger partial charge in [0, 0.05) is 5.56 Å². The smallest absolute Gasteiger partial charge is 0.309 e. The van der Waals surface area contributed by atoms with Crippen molar-refractivity contribution in [2.75, 3.05) is 11.3 Å². The van der Waals surface area contributed by atoms with Crippen molar-refractivity contribution in [1.82, 2.24) is 4.98 Å². The molecule has 0 saturated heterocycles. The van der Waals surface area contributed by atoms with Crippen LogP contribution >= 0.6 is 0 Å². The number of nitrogens with two attached hydrogens (primary N) is 1. The Morgan fingerprint density at radius 3 is 2.90 bits per heavy atom. The van der Waals surface area contributed by atoms with Crippen molar-refractivity contribution in [2.45, 2.75) is 11.8 Å². The highest BCUT2D eigenvalue weighted by Gasteiger charge is 2.16. The molecule has 0 radical (unpaired) electrons. The molecular formula is C13H13N3O3S. The predicted octanol–water partition coefficient (Wildman–Crippen LogP) is 1.09. The Hall–Kier alpha value is -2.30.